The number of nitrogens with zero attached hydrogens (tertiary/aromatic N) is 3. The lowest BCUT2D eigenvalue weighted by Crippen LogP contribution is -1.94. The van der Waals surface area contributed by atoms with E-state index in [0.29, 0.717) is 6.01 Å². The lowest BCUT2D eigenvalue weighted by atomic mass is 10.0. The highest BCUT2D eigenvalue weighted by molar-refractivity contribution is 6.17. The average Bonchev–Trinajstić information content (AvgIpc) is 3.90. The fraction of sp³-hybridized carbons (Fsp3) is 0. The van der Waals surface area contributed by atoms with Crippen LogP contribution in [0.3, 0.4) is 0 Å². The summed E-state index contributed by atoms with van der Waals surface area (Å²) in [6.45, 7) is 0. The number of fused-ring (bicyclic) bond motifs is 11. The summed E-state index contributed by atoms with van der Waals surface area (Å²) in [7, 11) is 0. The molecular formula is C43H25N3O2. The van der Waals surface area contributed by atoms with Gasteiger partial charge in [0.25, 0.3) is 0 Å². The molecule has 0 radical (unpaired) electrons. The first kappa shape index (κ1) is 25.6. The van der Waals surface area contributed by atoms with E-state index in [4.69, 9.17) is 13.8 Å². The second-order valence-electron chi connectivity index (χ2n) is 12.4. The van der Waals surface area contributed by atoms with E-state index in [9.17, 15) is 0 Å². The highest BCUT2D eigenvalue weighted by atomic mass is 16.4. The summed E-state index contributed by atoms with van der Waals surface area (Å²) in [5.41, 5.74) is 11.0. The fourth-order valence-corrected chi connectivity index (χ4v) is 7.64. The largest absolute Gasteiger partial charge is 0.456 e. The summed E-state index contributed by atoms with van der Waals surface area (Å²) in [6.07, 6.45) is 0. The molecule has 0 N–H and O–H groups in total. The minimum absolute atomic E-state index is 0.533. The molecule has 0 saturated carbocycles. The first-order valence-electron chi connectivity index (χ1n) is 16.1. The number of oxazole rings is 1. The zero-order chi connectivity index (χ0) is 31.3. The Hall–Kier alpha value is -6.59. The van der Waals surface area contributed by atoms with Crippen LogP contribution in [0.5, 0.6) is 0 Å². The van der Waals surface area contributed by atoms with Crippen LogP contribution in [-0.4, -0.2) is 14.1 Å². The van der Waals surface area contributed by atoms with Gasteiger partial charge in [0.2, 0.25) is 0 Å². The predicted octanol–water partition coefficient (Wildman–Crippen LogP) is 11.6. The summed E-state index contributed by atoms with van der Waals surface area (Å²) >= 11 is 0. The summed E-state index contributed by atoms with van der Waals surface area (Å²) < 4.78 is 17.4. The minimum Gasteiger partial charge on any atom is -0.456 e. The Morgan fingerprint density at radius 1 is 0.417 bits per heavy atom. The molecule has 0 amide bonds. The third-order valence-electron chi connectivity index (χ3n) is 9.77. The van der Waals surface area contributed by atoms with Crippen LogP contribution in [-0.2, 0) is 0 Å². The highest BCUT2D eigenvalue weighted by Gasteiger charge is 2.21. The van der Waals surface area contributed by atoms with E-state index >= 15 is 0 Å². The summed E-state index contributed by atoms with van der Waals surface area (Å²) in [5.74, 6) is 0. The second kappa shape index (κ2) is 9.47. The van der Waals surface area contributed by atoms with Crippen molar-refractivity contribution < 1.29 is 8.83 Å². The van der Waals surface area contributed by atoms with Crippen LogP contribution < -0.4 is 0 Å². The summed E-state index contributed by atoms with van der Waals surface area (Å²) in [4.78, 5) is 5.06. The molecule has 11 aromatic rings. The molecule has 0 aliphatic heterocycles. The van der Waals surface area contributed by atoms with Crippen molar-refractivity contribution in [2.75, 3.05) is 0 Å². The van der Waals surface area contributed by atoms with Gasteiger partial charge in [-0.05, 0) is 65.7 Å². The Morgan fingerprint density at radius 3 is 1.73 bits per heavy atom. The number of para-hydroxylation sites is 4. The lowest BCUT2D eigenvalue weighted by Gasteiger charge is -2.09. The molecule has 0 aliphatic rings. The standard InChI is InChI=1S/C43H25N3O2/c1-2-10-28(11-3-1)45-35-15-7-4-12-29(35)31-20-18-26(24-37(31)45)27-19-21-32-30-13-5-8-16-36(30)46(38(32)25-27)43-44-34-22-23-40-41(42(34)48-43)33-14-6-9-17-39(33)47-40/h1-25H. The third-order valence-corrected chi connectivity index (χ3v) is 9.77. The Morgan fingerprint density at radius 2 is 1.00 bits per heavy atom. The van der Waals surface area contributed by atoms with Crippen molar-refractivity contribution in [1.29, 1.82) is 0 Å². The molecule has 5 nitrogen and oxygen atoms in total. The maximum atomic E-state index is 6.70. The third kappa shape index (κ3) is 3.47. The van der Waals surface area contributed by atoms with E-state index in [2.05, 4.69) is 130 Å². The number of rotatable bonds is 3. The van der Waals surface area contributed by atoms with Crippen LogP contribution in [0, 0.1) is 0 Å². The van der Waals surface area contributed by atoms with Crippen LogP contribution in [0.4, 0.5) is 0 Å². The maximum Gasteiger partial charge on any atom is 0.307 e. The van der Waals surface area contributed by atoms with Crippen molar-refractivity contribution in [3.8, 4) is 22.8 Å². The zero-order valence-corrected chi connectivity index (χ0v) is 25.6. The molecule has 224 valence electrons. The number of hydrogen-bond acceptors (Lipinski definition) is 3. The fourth-order valence-electron chi connectivity index (χ4n) is 7.64. The van der Waals surface area contributed by atoms with Crippen molar-refractivity contribution >= 4 is 76.6 Å². The molecule has 0 aliphatic carbocycles. The van der Waals surface area contributed by atoms with Crippen LogP contribution in [0.25, 0.3) is 99.5 Å². The van der Waals surface area contributed by atoms with Crippen molar-refractivity contribution in [1.82, 2.24) is 14.1 Å². The average molecular weight is 616 g/mol. The molecule has 4 aromatic heterocycles. The molecule has 0 bridgehead atoms. The number of furan rings is 1. The zero-order valence-electron chi connectivity index (χ0n) is 25.6. The Kier molecular flexibility index (Phi) is 5.05. The molecular weight excluding hydrogens is 590 g/mol. The first-order chi connectivity index (χ1) is 23.8. The van der Waals surface area contributed by atoms with Gasteiger partial charge in [-0.2, -0.15) is 4.98 Å². The quantitative estimate of drug-likeness (QED) is 0.199. The van der Waals surface area contributed by atoms with Gasteiger partial charge in [0.1, 0.15) is 16.7 Å². The van der Waals surface area contributed by atoms with Gasteiger partial charge in [0.05, 0.1) is 27.5 Å². The molecule has 0 spiro atoms. The molecule has 0 unspecified atom stereocenters. The van der Waals surface area contributed by atoms with Crippen molar-refractivity contribution in [3.63, 3.8) is 0 Å². The van der Waals surface area contributed by atoms with Gasteiger partial charge in [0, 0.05) is 32.6 Å². The smallest absolute Gasteiger partial charge is 0.307 e. The molecule has 0 saturated heterocycles. The highest BCUT2D eigenvalue weighted by Crippen LogP contribution is 2.40. The summed E-state index contributed by atoms with van der Waals surface area (Å²) in [5, 5.41) is 6.75. The molecule has 7 aromatic carbocycles. The van der Waals surface area contributed by atoms with E-state index in [1.165, 1.54) is 21.8 Å². The monoisotopic (exact) mass is 615 g/mol. The molecule has 5 heteroatoms. The molecule has 0 atom stereocenters. The lowest BCUT2D eigenvalue weighted by molar-refractivity contribution is 0.577. The predicted molar refractivity (Wildman–Crippen MR) is 195 cm³/mol. The van der Waals surface area contributed by atoms with E-state index < -0.39 is 0 Å². The minimum atomic E-state index is 0.533. The molecule has 0 fully saturated rings. The number of hydrogen-bond donors (Lipinski definition) is 0. The number of benzene rings is 7. The van der Waals surface area contributed by atoms with E-state index in [-0.39, 0.29) is 0 Å². The van der Waals surface area contributed by atoms with Gasteiger partial charge in [0.15, 0.2) is 5.58 Å². The van der Waals surface area contributed by atoms with Crippen LogP contribution >= 0.6 is 0 Å². The van der Waals surface area contributed by atoms with Gasteiger partial charge < -0.3 is 13.4 Å². The van der Waals surface area contributed by atoms with Gasteiger partial charge in [-0.25, -0.2) is 0 Å². The van der Waals surface area contributed by atoms with Crippen molar-refractivity contribution in [3.05, 3.63) is 152 Å². The molecule has 11 rings (SSSR count). The van der Waals surface area contributed by atoms with Gasteiger partial charge in [-0.1, -0.05) is 97.1 Å². The molecule has 48 heavy (non-hydrogen) atoms. The first-order valence-corrected chi connectivity index (χ1v) is 16.1. The van der Waals surface area contributed by atoms with Crippen molar-refractivity contribution in [2.24, 2.45) is 0 Å². The van der Waals surface area contributed by atoms with Gasteiger partial charge in [-0.3, -0.25) is 4.57 Å². The van der Waals surface area contributed by atoms with E-state index in [0.717, 1.165) is 71.7 Å². The van der Waals surface area contributed by atoms with E-state index in [1.54, 1.807) is 0 Å². The van der Waals surface area contributed by atoms with Gasteiger partial charge >= 0.3 is 6.01 Å². The Bertz CT molecular complexity index is 3070. The van der Waals surface area contributed by atoms with Crippen LogP contribution in [0.2, 0.25) is 0 Å². The van der Waals surface area contributed by atoms with Crippen LogP contribution in [0.1, 0.15) is 0 Å². The topological polar surface area (TPSA) is 49.0 Å². The van der Waals surface area contributed by atoms with Gasteiger partial charge in [-0.15, -0.1) is 0 Å². The van der Waals surface area contributed by atoms with Crippen molar-refractivity contribution in [2.45, 2.75) is 0 Å². The maximum absolute atomic E-state index is 6.70. The number of aromatic nitrogens is 3. The van der Waals surface area contributed by atoms with Crippen LogP contribution in [0.15, 0.2) is 160 Å². The molecule has 4 heterocycles. The second-order valence-corrected chi connectivity index (χ2v) is 12.4. The Labute approximate surface area is 273 Å². The van der Waals surface area contributed by atoms with E-state index in [1.807, 2.05) is 30.3 Å². The Balaban J connectivity index is 1.16. The SMILES string of the molecule is c1ccc(-n2c3ccccc3c3ccc(-c4ccc5c6ccccc6n(-c6nc7ccc8oc9ccccc9c8c7o6)c5c4)cc32)cc1. The summed E-state index contributed by atoms with van der Waals surface area (Å²) in [6, 6.07) is 53.8. The normalized spacial score (nSPS) is 12.2.